The van der Waals surface area contributed by atoms with E-state index in [0.717, 1.165) is 0 Å². The van der Waals surface area contributed by atoms with Gasteiger partial charge in [-0.25, -0.2) is 0 Å². The number of aliphatic hydroxyl groups excluding tert-OH is 2. The van der Waals surface area contributed by atoms with Crippen LogP contribution in [0.25, 0.3) is 0 Å². The van der Waals surface area contributed by atoms with Crippen LogP contribution in [0.15, 0.2) is 0 Å². The van der Waals surface area contributed by atoms with E-state index in [4.69, 9.17) is 0 Å². The fraction of sp³-hybridized carbons (Fsp3) is 0.909. The van der Waals surface area contributed by atoms with Gasteiger partial charge in [-0.1, -0.05) is 0 Å². The number of aliphatic hydroxyl groups is 2. The Labute approximate surface area is 96.7 Å². The van der Waals surface area contributed by atoms with Crippen LogP contribution in [0.2, 0.25) is 0 Å². The first-order chi connectivity index (χ1) is 7.51. The lowest BCUT2D eigenvalue weighted by Crippen LogP contribution is -2.46. The third kappa shape index (κ3) is 2.72. The molecule has 1 fully saturated rings. The van der Waals surface area contributed by atoms with Crippen LogP contribution in [0.3, 0.4) is 0 Å². The number of β-amino-alcohol motifs (C(OH)–C–C–N with tert-alkyl or cyclic N) is 2. The molecule has 0 aromatic carbocycles. The maximum Gasteiger partial charge on any atom is 0.239 e. The Bertz CT molecular complexity index is 233. The molecular weight excluding hydrogens is 208 g/mol. The zero-order chi connectivity index (χ0) is 12.3. The Morgan fingerprint density at radius 2 is 1.75 bits per heavy atom. The molecule has 0 aromatic rings. The minimum atomic E-state index is -0.730. The van der Waals surface area contributed by atoms with E-state index < -0.39 is 12.2 Å². The molecule has 0 aromatic heterocycles. The summed E-state index contributed by atoms with van der Waals surface area (Å²) in [5.74, 6) is 0.0614. The summed E-state index contributed by atoms with van der Waals surface area (Å²) >= 11 is 0. The molecule has 0 spiro atoms. The van der Waals surface area contributed by atoms with Gasteiger partial charge in [-0.15, -0.1) is 0 Å². The van der Waals surface area contributed by atoms with Crippen LogP contribution in [-0.4, -0.2) is 70.3 Å². The second-order valence-corrected chi connectivity index (χ2v) is 4.28. The average Bonchev–Trinajstić information content (AvgIpc) is 2.59. The smallest absolute Gasteiger partial charge is 0.239 e. The van der Waals surface area contributed by atoms with Crippen molar-refractivity contribution in [2.24, 2.45) is 0 Å². The van der Waals surface area contributed by atoms with Gasteiger partial charge < -0.3 is 15.1 Å². The van der Waals surface area contributed by atoms with Crippen molar-refractivity contribution in [2.45, 2.75) is 39.0 Å². The van der Waals surface area contributed by atoms with Crippen molar-refractivity contribution >= 4 is 5.91 Å². The lowest BCUT2D eigenvalue weighted by Gasteiger charge is -2.28. The van der Waals surface area contributed by atoms with E-state index in [-0.39, 0.29) is 11.9 Å². The van der Waals surface area contributed by atoms with E-state index >= 15 is 0 Å². The predicted octanol–water partition coefficient (Wildman–Crippen LogP) is -0.719. The van der Waals surface area contributed by atoms with Crippen molar-refractivity contribution < 1.29 is 15.0 Å². The SMILES string of the molecule is CCN(CC)C(=O)C(C)N1CC(O)C(O)C1. The fourth-order valence-corrected chi connectivity index (χ4v) is 2.07. The van der Waals surface area contributed by atoms with Gasteiger partial charge in [0.15, 0.2) is 0 Å². The van der Waals surface area contributed by atoms with E-state index in [0.29, 0.717) is 26.2 Å². The largest absolute Gasteiger partial charge is 0.389 e. The standard InChI is InChI=1S/C11H22N2O3/c1-4-12(5-2)11(16)8(3)13-6-9(14)10(15)7-13/h8-10,14-15H,4-7H2,1-3H3. The van der Waals surface area contributed by atoms with Gasteiger partial charge in [-0.3, -0.25) is 9.69 Å². The van der Waals surface area contributed by atoms with E-state index in [9.17, 15) is 15.0 Å². The number of carbonyl (C=O) groups is 1. The topological polar surface area (TPSA) is 64.0 Å². The lowest BCUT2D eigenvalue weighted by atomic mass is 10.2. The van der Waals surface area contributed by atoms with Crippen LogP contribution in [0.1, 0.15) is 20.8 Å². The molecule has 1 rings (SSSR count). The summed E-state index contributed by atoms with van der Waals surface area (Å²) < 4.78 is 0. The Hall–Kier alpha value is -0.650. The third-order valence-electron chi connectivity index (χ3n) is 3.27. The molecule has 0 bridgehead atoms. The molecule has 3 unspecified atom stereocenters. The summed E-state index contributed by atoms with van der Waals surface area (Å²) in [5.41, 5.74) is 0. The first kappa shape index (κ1) is 13.4. The molecule has 1 aliphatic rings. The Balaban J connectivity index is 2.57. The maximum atomic E-state index is 12.0. The van der Waals surface area contributed by atoms with Crippen LogP contribution in [0.4, 0.5) is 0 Å². The molecule has 3 atom stereocenters. The maximum absolute atomic E-state index is 12.0. The quantitative estimate of drug-likeness (QED) is 0.669. The number of rotatable bonds is 4. The van der Waals surface area contributed by atoms with Gasteiger partial charge in [0.25, 0.3) is 0 Å². The highest BCUT2D eigenvalue weighted by Gasteiger charge is 2.35. The number of amides is 1. The van der Waals surface area contributed by atoms with Crippen LogP contribution in [0.5, 0.6) is 0 Å². The molecule has 16 heavy (non-hydrogen) atoms. The Morgan fingerprint density at radius 3 is 2.12 bits per heavy atom. The van der Waals surface area contributed by atoms with Crippen molar-refractivity contribution in [3.63, 3.8) is 0 Å². The Morgan fingerprint density at radius 1 is 1.31 bits per heavy atom. The molecule has 0 aliphatic carbocycles. The molecule has 0 saturated carbocycles. The van der Waals surface area contributed by atoms with Crippen molar-refractivity contribution in [3.05, 3.63) is 0 Å². The van der Waals surface area contributed by atoms with E-state index in [1.807, 2.05) is 25.7 Å². The molecule has 1 saturated heterocycles. The van der Waals surface area contributed by atoms with Crippen LogP contribution in [-0.2, 0) is 4.79 Å². The van der Waals surface area contributed by atoms with Gasteiger partial charge in [0.2, 0.25) is 5.91 Å². The van der Waals surface area contributed by atoms with Crippen LogP contribution < -0.4 is 0 Å². The Kier molecular flexibility index (Phi) is 4.70. The van der Waals surface area contributed by atoms with Gasteiger partial charge in [-0.05, 0) is 20.8 Å². The van der Waals surface area contributed by atoms with E-state index in [1.54, 1.807) is 4.90 Å². The predicted molar refractivity (Wildman–Crippen MR) is 61.0 cm³/mol. The number of likely N-dealkylation sites (N-methyl/N-ethyl adjacent to an activating group) is 1. The molecule has 5 heteroatoms. The molecule has 1 heterocycles. The van der Waals surface area contributed by atoms with Gasteiger partial charge >= 0.3 is 0 Å². The molecule has 1 amide bonds. The van der Waals surface area contributed by atoms with Crippen LogP contribution in [0, 0.1) is 0 Å². The number of hydrogen-bond donors (Lipinski definition) is 2. The summed E-state index contributed by atoms with van der Waals surface area (Å²) in [5, 5.41) is 18.9. The first-order valence-corrected chi connectivity index (χ1v) is 5.90. The second-order valence-electron chi connectivity index (χ2n) is 4.28. The highest BCUT2D eigenvalue weighted by Crippen LogP contribution is 2.14. The van der Waals surface area contributed by atoms with Crippen LogP contribution >= 0.6 is 0 Å². The third-order valence-corrected chi connectivity index (χ3v) is 3.27. The lowest BCUT2D eigenvalue weighted by molar-refractivity contribution is -0.135. The molecule has 2 N–H and O–H groups in total. The van der Waals surface area contributed by atoms with Gasteiger partial charge in [0.1, 0.15) is 0 Å². The van der Waals surface area contributed by atoms with Gasteiger partial charge in [0, 0.05) is 26.2 Å². The summed E-state index contributed by atoms with van der Waals surface area (Å²) in [7, 11) is 0. The average molecular weight is 230 g/mol. The normalized spacial score (nSPS) is 28.1. The minimum Gasteiger partial charge on any atom is -0.389 e. The zero-order valence-corrected chi connectivity index (χ0v) is 10.3. The summed E-state index contributed by atoms with van der Waals surface area (Å²) in [6.07, 6.45) is -1.46. The van der Waals surface area contributed by atoms with Gasteiger partial charge in [0.05, 0.1) is 18.2 Å². The monoisotopic (exact) mass is 230 g/mol. The zero-order valence-electron chi connectivity index (χ0n) is 10.3. The molecule has 0 radical (unpaired) electrons. The van der Waals surface area contributed by atoms with Crippen molar-refractivity contribution in [2.75, 3.05) is 26.2 Å². The first-order valence-electron chi connectivity index (χ1n) is 5.90. The molecule has 94 valence electrons. The number of likely N-dealkylation sites (tertiary alicyclic amines) is 1. The summed E-state index contributed by atoms with van der Waals surface area (Å²) in [6.45, 7) is 7.84. The highest BCUT2D eigenvalue weighted by molar-refractivity contribution is 5.81. The number of carbonyl (C=O) groups excluding carboxylic acids is 1. The van der Waals surface area contributed by atoms with Crippen molar-refractivity contribution in [1.82, 2.24) is 9.80 Å². The number of hydrogen-bond acceptors (Lipinski definition) is 4. The van der Waals surface area contributed by atoms with E-state index in [2.05, 4.69) is 0 Å². The summed E-state index contributed by atoms with van der Waals surface area (Å²) in [4.78, 5) is 15.6. The summed E-state index contributed by atoms with van der Waals surface area (Å²) in [6, 6.07) is -0.272. The van der Waals surface area contributed by atoms with E-state index in [1.165, 1.54) is 0 Å². The second kappa shape index (κ2) is 5.61. The molecule has 5 nitrogen and oxygen atoms in total. The number of nitrogens with zero attached hydrogens (tertiary/aromatic N) is 2. The molecule has 1 aliphatic heterocycles. The highest BCUT2D eigenvalue weighted by atomic mass is 16.3. The minimum absolute atomic E-state index is 0.0614. The fourth-order valence-electron chi connectivity index (χ4n) is 2.07. The van der Waals surface area contributed by atoms with Gasteiger partial charge in [-0.2, -0.15) is 0 Å². The van der Waals surface area contributed by atoms with Crippen molar-refractivity contribution in [1.29, 1.82) is 0 Å². The van der Waals surface area contributed by atoms with Crippen molar-refractivity contribution in [3.8, 4) is 0 Å². The molecular formula is C11H22N2O3.